The molecule has 5 heteroatoms. The highest BCUT2D eigenvalue weighted by Gasteiger charge is 2.35. The van der Waals surface area contributed by atoms with Crippen LogP contribution in [0.3, 0.4) is 0 Å². The van der Waals surface area contributed by atoms with E-state index in [0.717, 1.165) is 36.2 Å². The van der Waals surface area contributed by atoms with Crippen LogP contribution in [-0.4, -0.2) is 17.6 Å². The fourth-order valence-corrected chi connectivity index (χ4v) is 4.94. The van der Waals surface area contributed by atoms with E-state index in [1.807, 2.05) is 47.4 Å². The van der Waals surface area contributed by atoms with Crippen molar-refractivity contribution in [2.45, 2.75) is 44.4 Å². The normalized spacial score (nSPS) is 19.8. The van der Waals surface area contributed by atoms with Gasteiger partial charge in [-0.25, -0.2) is 0 Å². The fraction of sp³-hybridized carbons (Fsp3) is 0.391. The Labute approximate surface area is 170 Å². The Hall–Kier alpha value is -2.27. The van der Waals surface area contributed by atoms with Crippen molar-refractivity contribution in [3.63, 3.8) is 0 Å². The first-order chi connectivity index (χ1) is 13.5. The quantitative estimate of drug-likeness (QED) is 0.746. The molecule has 1 saturated heterocycles. The second-order valence-corrected chi connectivity index (χ2v) is 8.95. The highest BCUT2D eigenvalue weighted by molar-refractivity contribution is 8.00. The van der Waals surface area contributed by atoms with E-state index in [-0.39, 0.29) is 23.1 Å². The van der Waals surface area contributed by atoms with Crippen LogP contribution in [0.15, 0.2) is 48.5 Å². The lowest BCUT2D eigenvalue weighted by molar-refractivity contribution is -0.122. The molecule has 1 aliphatic carbocycles. The average Bonchev–Trinajstić information content (AvgIpc) is 3.02. The number of para-hydroxylation sites is 1. The third kappa shape index (κ3) is 3.68. The molecular weight excluding hydrogens is 368 g/mol. The minimum atomic E-state index is -0.0382. The van der Waals surface area contributed by atoms with Crippen LogP contribution in [0.25, 0.3) is 0 Å². The lowest BCUT2D eigenvalue weighted by Crippen LogP contribution is -2.29. The van der Waals surface area contributed by atoms with Gasteiger partial charge in [0.1, 0.15) is 5.37 Å². The Morgan fingerprint density at radius 1 is 1.11 bits per heavy atom. The highest BCUT2D eigenvalue weighted by atomic mass is 32.2. The Kier molecular flexibility index (Phi) is 5.44. The lowest BCUT2D eigenvalue weighted by Gasteiger charge is -2.28. The summed E-state index contributed by atoms with van der Waals surface area (Å²) in [4.78, 5) is 26.8. The van der Waals surface area contributed by atoms with Gasteiger partial charge < -0.3 is 5.32 Å². The van der Waals surface area contributed by atoms with Crippen LogP contribution in [0.2, 0.25) is 0 Å². The van der Waals surface area contributed by atoms with Gasteiger partial charge in [0.25, 0.3) is 0 Å². The van der Waals surface area contributed by atoms with Crippen LogP contribution in [-0.2, 0) is 9.59 Å². The zero-order valence-corrected chi connectivity index (χ0v) is 17.2. The summed E-state index contributed by atoms with van der Waals surface area (Å²) in [6.45, 7) is 4.31. The zero-order valence-electron chi connectivity index (χ0n) is 16.4. The predicted molar refractivity (Wildman–Crippen MR) is 116 cm³/mol. The van der Waals surface area contributed by atoms with Gasteiger partial charge in [-0.2, -0.15) is 0 Å². The molecule has 0 radical (unpaired) electrons. The molecule has 1 heterocycles. The zero-order chi connectivity index (χ0) is 19.7. The van der Waals surface area contributed by atoms with Crippen LogP contribution >= 0.6 is 11.8 Å². The van der Waals surface area contributed by atoms with Crippen molar-refractivity contribution in [2.24, 2.45) is 5.92 Å². The van der Waals surface area contributed by atoms with Crippen LogP contribution < -0.4 is 10.2 Å². The first-order valence-electron chi connectivity index (χ1n) is 9.98. The van der Waals surface area contributed by atoms with Crippen molar-refractivity contribution in [2.75, 3.05) is 16.0 Å². The molecule has 4 nitrogen and oxygen atoms in total. The largest absolute Gasteiger partial charge is 0.326 e. The maximum Gasteiger partial charge on any atom is 0.238 e. The van der Waals surface area contributed by atoms with Gasteiger partial charge in [0.2, 0.25) is 11.8 Å². The summed E-state index contributed by atoms with van der Waals surface area (Å²) < 4.78 is 0. The number of rotatable bonds is 5. The second-order valence-electron chi connectivity index (χ2n) is 7.88. The predicted octanol–water partition coefficient (Wildman–Crippen LogP) is 5.33. The Morgan fingerprint density at radius 2 is 1.82 bits per heavy atom. The molecule has 0 spiro atoms. The lowest BCUT2D eigenvalue weighted by atomic mass is 9.85. The summed E-state index contributed by atoms with van der Waals surface area (Å²) >= 11 is 1.65. The molecule has 2 aromatic rings. The first-order valence-corrected chi connectivity index (χ1v) is 11.0. The van der Waals surface area contributed by atoms with E-state index < -0.39 is 0 Å². The van der Waals surface area contributed by atoms with Crippen LogP contribution in [0.4, 0.5) is 11.4 Å². The van der Waals surface area contributed by atoms with Gasteiger partial charge in [0.15, 0.2) is 0 Å². The maximum atomic E-state index is 12.7. The van der Waals surface area contributed by atoms with Gasteiger partial charge in [0.05, 0.1) is 5.75 Å². The average molecular weight is 395 g/mol. The number of carbonyl (C=O) groups excluding carboxylic acids is 2. The molecule has 0 aromatic heterocycles. The fourth-order valence-electron chi connectivity index (χ4n) is 3.77. The van der Waals surface area contributed by atoms with E-state index in [4.69, 9.17) is 0 Å². The molecule has 2 aromatic carbocycles. The smallest absolute Gasteiger partial charge is 0.238 e. The minimum absolute atomic E-state index is 0.0382. The molecule has 0 unspecified atom stereocenters. The van der Waals surface area contributed by atoms with Crippen molar-refractivity contribution in [1.29, 1.82) is 0 Å². The number of benzene rings is 2. The van der Waals surface area contributed by atoms with Gasteiger partial charge in [0, 0.05) is 17.3 Å². The second kappa shape index (κ2) is 8.00. The first kappa shape index (κ1) is 19.1. The van der Waals surface area contributed by atoms with E-state index >= 15 is 0 Å². The van der Waals surface area contributed by atoms with E-state index in [1.165, 1.54) is 5.56 Å². The van der Waals surface area contributed by atoms with Crippen molar-refractivity contribution in [3.8, 4) is 0 Å². The SMILES string of the molecule is CC(C)c1ccccc1N1C(=O)CS[C@H]1c1ccc(NC(=O)C2CCC2)cc1. The minimum Gasteiger partial charge on any atom is -0.326 e. The molecular formula is C23H26N2O2S. The number of nitrogens with one attached hydrogen (secondary N) is 1. The van der Waals surface area contributed by atoms with Crippen molar-refractivity contribution in [1.82, 2.24) is 0 Å². The molecule has 2 aliphatic rings. The summed E-state index contributed by atoms with van der Waals surface area (Å²) in [6.07, 6.45) is 3.14. The third-order valence-corrected chi connectivity index (χ3v) is 6.84. The number of nitrogens with zero attached hydrogens (tertiary/aromatic N) is 1. The van der Waals surface area contributed by atoms with Crippen molar-refractivity contribution >= 4 is 35.0 Å². The van der Waals surface area contributed by atoms with Gasteiger partial charge >= 0.3 is 0 Å². The van der Waals surface area contributed by atoms with E-state index in [9.17, 15) is 9.59 Å². The number of anilines is 2. The van der Waals surface area contributed by atoms with Crippen molar-refractivity contribution in [3.05, 3.63) is 59.7 Å². The van der Waals surface area contributed by atoms with Crippen LogP contribution in [0, 0.1) is 5.92 Å². The number of amides is 2. The van der Waals surface area contributed by atoms with Gasteiger partial charge in [-0.3, -0.25) is 14.5 Å². The van der Waals surface area contributed by atoms with Gasteiger partial charge in [-0.05, 0) is 48.1 Å². The molecule has 1 saturated carbocycles. The maximum absolute atomic E-state index is 12.7. The summed E-state index contributed by atoms with van der Waals surface area (Å²) in [7, 11) is 0. The summed E-state index contributed by atoms with van der Waals surface area (Å²) in [5, 5.41) is 2.97. The monoisotopic (exact) mass is 394 g/mol. The summed E-state index contributed by atoms with van der Waals surface area (Å²) in [5.74, 6) is 1.27. The number of hydrogen-bond acceptors (Lipinski definition) is 3. The molecule has 2 amide bonds. The van der Waals surface area contributed by atoms with Crippen molar-refractivity contribution < 1.29 is 9.59 Å². The molecule has 0 bridgehead atoms. The third-order valence-electron chi connectivity index (χ3n) is 5.63. The number of thioether (sulfide) groups is 1. The molecule has 28 heavy (non-hydrogen) atoms. The molecule has 1 aliphatic heterocycles. The topological polar surface area (TPSA) is 49.4 Å². The standard InChI is InChI=1S/C23H26N2O2S/c1-15(2)19-8-3-4-9-20(19)25-21(26)14-28-23(25)17-10-12-18(13-11-17)24-22(27)16-6-5-7-16/h3-4,8-13,15-16,23H,5-7,14H2,1-2H3,(H,24,27)/t23-/m0/s1. The number of carbonyl (C=O) groups is 2. The number of hydrogen-bond donors (Lipinski definition) is 1. The molecule has 4 rings (SSSR count). The molecule has 2 fully saturated rings. The van der Waals surface area contributed by atoms with E-state index in [2.05, 4.69) is 25.2 Å². The Balaban J connectivity index is 1.56. The van der Waals surface area contributed by atoms with E-state index in [0.29, 0.717) is 11.7 Å². The molecule has 1 atom stereocenters. The van der Waals surface area contributed by atoms with Gasteiger partial charge in [-0.1, -0.05) is 50.6 Å². The van der Waals surface area contributed by atoms with Crippen LogP contribution in [0.5, 0.6) is 0 Å². The van der Waals surface area contributed by atoms with Gasteiger partial charge in [-0.15, -0.1) is 11.8 Å². The summed E-state index contributed by atoms with van der Waals surface area (Å²) in [6, 6.07) is 16.1. The Morgan fingerprint density at radius 3 is 2.46 bits per heavy atom. The summed E-state index contributed by atoms with van der Waals surface area (Å²) in [5.41, 5.74) is 4.09. The molecule has 146 valence electrons. The molecule has 1 N–H and O–H groups in total. The van der Waals surface area contributed by atoms with Crippen LogP contribution in [0.1, 0.15) is 55.5 Å². The van der Waals surface area contributed by atoms with E-state index in [1.54, 1.807) is 11.8 Å². The highest BCUT2D eigenvalue weighted by Crippen LogP contribution is 2.44. The Bertz CT molecular complexity index is 874.